The molecule has 1 saturated carbocycles. The third kappa shape index (κ3) is 9.08. The van der Waals surface area contributed by atoms with Crippen LogP contribution in [0.1, 0.15) is 94.4 Å². The number of alkyl halides is 5. The van der Waals surface area contributed by atoms with Crippen LogP contribution in [0.25, 0.3) is 10.9 Å². The van der Waals surface area contributed by atoms with Gasteiger partial charge in [0, 0.05) is 50.4 Å². The van der Waals surface area contributed by atoms with Gasteiger partial charge in [-0.25, -0.2) is 9.78 Å². The lowest BCUT2D eigenvalue weighted by Gasteiger charge is -2.46. The molecule has 2 aliphatic heterocycles. The van der Waals surface area contributed by atoms with Crippen molar-refractivity contribution in [2.24, 2.45) is 11.3 Å². The van der Waals surface area contributed by atoms with Crippen molar-refractivity contribution in [3.8, 4) is 5.75 Å². The Bertz CT molecular complexity index is 1700. The Morgan fingerprint density at radius 1 is 0.980 bits per heavy atom. The van der Waals surface area contributed by atoms with Crippen molar-refractivity contribution in [1.29, 1.82) is 0 Å². The first kappa shape index (κ1) is 36.8. The highest BCUT2D eigenvalue weighted by Crippen LogP contribution is 2.47. The number of anilines is 1. The fourth-order valence-corrected chi connectivity index (χ4v) is 7.65. The average molecular weight is 721 g/mol. The molecular formula is C36H45F5N6O4. The predicted octanol–water partition coefficient (Wildman–Crippen LogP) is 8.15. The number of amides is 2. The number of halogens is 5. The van der Waals surface area contributed by atoms with E-state index in [1.165, 1.54) is 37.8 Å². The van der Waals surface area contributed by atoms with E-state index in [4.69, 9.17) is 4.74 Å². The summed E-state index contributed by atoms with van der Waals surface area (Å²) in [6.07, 6.45) is 5.32. The molecule has 1 aromatic carbocycles. The van der Waals surface area contributed by atoms with E-state index in [1.54, 1.807) is 6.20 Å². The number of nitrogens with one attached hydrogen (secondary N) is 1. The van der Waals surface area contributed by atoms with Crippen LogP contribution in [-0.4, -0.2) is 81.5 Å². The van der Waals surface area contributed by atoms with E-state index >= 15 is 0 Å². The highest BCUT2D eigenvalue weighted by atomic mass is 19.4. The maximum Gasteiger partial charge on any atom is 0.433 e. The topological polar surface area (TPSA) is 102 Å². The van der Waals surface area contributed by atoms with Gasteiger partial charge < -0.3 is 24.6 Å². The predicted molar refractivity (Wildman–Crippen MR) is 180 cm³/mol. The lowest BCUT2D eigenvalue weighted by atomic mass is 9.65. The third-order valence-corrected chi connectivity index (χ3v) is 10.4. The number of nitrogens with zero attached hydrogens (tertiary/aromatic N) is 5. The summed E-state index contributed by atoms with van der Waals surface area (Å²) in [5.41, 5.74) is -1.69. The maximum atomic E-state index is 13.3. The fraction of sp³-hybridized carbons (Fsp3) is 0.611. The first-order chi connectivity index (χ1) is 24.1. The number of carbonyl (C=O) groups excluding carboxylic acids is 2. The van der Waals surface area contributed by atoms with Gasteiger partial charge in [-0.3, -0.25) is 9.48 Å². The average Bonchev–Trinajstić information content (AvgIpc) is 3.48. The molecule has 1 N–H and O–H groups in total. The molecule has 3 fully saturated rings. The molecule has 1 spiro atoms. The zero-order chi connectivity index (χ0) is 36.6. The van der Waals surface area contributed by atoms with Crippen LogP contribution in [0.4, 0.5) is 32.4 Å². The van der Waals surface area contributed by atoms with Gasteiger partial charge >= 0.3 is 18.9 Å². The Morgan fingerprint density at radius 3 is 2.29 bits per heavy atom. The van der Waals surface area contributed by atoms with Gasteiger partial charge in [-0.05, 0) is 102 Å². The monoisotopic (exact) mass is 720 g/mol. The molecular weight excluding hydrogens is 675 g/mol. The summed E-state index contributed by atoms with van der Waals surface area (Å²) in [7, 11) is 0. The van der Waals surface area contributed by atoms with E-state index in [0.717, 1.165) is 76.6 Å². The van der Waals surface area contributed by atoms with Gasteiger partial charge in [0.25, 0.3) is 5.91 Å². The zero-order valence-electron chi connectivity index (χ0n) is 29.1. The Balaban J connectivity index is 1.02. The van der Waals surface area contributed by atoms with Gasteiger partial charge in [0.05, 0.1) is 17.2 Å². The smallest absolute Gasteiger partial charge is 0.433 e. The second-order valence-electron chi connectivity index (χ2n) is 15.2. The minimum atomic E-state index is -4.76. The van der Waals surface area contributed by atoms with Gasteiger partial charge in [0.1, 0.15) is 17.0 Å². The van der Waals surface area contributed by atoms with E-state index in [9.17, 15) is 31.5 Å². The second kappa shape index (κ2) is 14.5. The number of piperidine rings is 2. The first-order valence-corrected chi connectivity index (χ1v) is 17.6. The quantitative estimate of drug-likeness (QED) is 0.246. The number of pyridine rings is 1. The summed E-state index contributed by atoms with van der Waals surface area (Å²) in [5, 5.41) is 7.57. The molecule has 3 aliphatic rings. The molecule has 4 heterocycles. The van der Waals surface area contributed by atoms with Crippen molar-refractivity contribution < 1.29 is 41.0 Å². The summed E-state index contributed by atoms with van der Waals surface area (Å²) >= 11 is 0. The van der Waals surface area contributed by atoms with Crippen LogP contribution in [0.5, 0.6) is 5.75 Å². The van der Waals surface area contributed by atoms with Crippen LogP contribution in [0.2, 0.25) is 0 Å². The molecule has 3 aromatic rings. The van der Waals surface area contributed by atoms with Crippen molar-refractivity contribution in [2.45, 2.75) is 96.6 Å². The van der Waals surface area contributed by atoms with Gasteiger partial charge in [-0.15, -0.1) is 0 Å². The normalized spacial score (nSPS) is 19.5. The fourth-order valence-electron chi connectivity index (χ4n) is 7.65. The van der Waals surface area contributed by atoms with Crippen LogP contribution in [0.3, 0.4) is 0 Å². The van der Waals surface area contributed by atoms with Crippen LogP contribution in [-0.2, 0) is 10.9 Å². The van der Waals surface area contributed by atoms with Crippen LogP contribution in [0, 0.1) is 11.3 Å². The molecule has 2 aromatic heterocycles. The van der Waals surface area contributed by atoms with E-state index in [2.05, 4.69) is 25.0 Å². The number of hydrogen-bond acceptors (Lipinski definition) is 7. The van der Waals surface area contributed by atoms with Crippen molar-refractivity contribution in [2.75, 3.05) is 38.0 Å². The number of rotatable bonds is 7. The van der Waals surface area contributed by atoms with E-state index in [-0.39, 0.29) is 23.6 Å². The van der Waals surface area contributed by atoms with Crippen LogP contribution >= 0.6 is 0 Å². The minimum Gasteiger partial charge on any atom is -0.444 e. The molecule has 2 saturated heterocycles. The van der Waals surface area contributed by atoms with E-state index in [1.807, 2.05) is 30.4 Å². The number of fused-ring (bicyclic) bond motifs is 1. The largest absolute Gasteiger partial charge is 0.444 e. The van der Waals surface area contributed by atoms with Crippen molar-refractivity contribution in [1.82, 2.24) is 24.6 Å². The number of hydrogen-bond donors (Lipinski definition) is 1. The number of benzene rings is 1. The molecule has 2 amide bonds. The second-order valence-corrected chi connectivity index (χ2v) is 15.2. The minimum absolute atomic E-state index is 0.0882. The number of ether oxygens (including phenoxy) is 2. The highest BCUT2D eigenvalue weighted by molar-refractivity contribution is 6.05. The standard InChI is InChI=1S/C36H45F5N6O4/c1-34(2,3)51-33(49)46-17-13-35(14-18-46)11-7-23(8-12-35)21-45-15-9-25(10-16-45)47-22-24-19-28(29(50-32(37)38)20-27(24)44-47)43-31(48)26-5-4-6-30(42-26)36(39,40)41/h4-6,19-20,22-23,25,32H,7-18,21H2,1-3H3,(H,43,48). The van der Waals surface area contributed by atoms with E-state index in [0.29, 0.717) is 22.2 Å². The molecule has 51 heavy (non-hydrogen) atoms. The molecule has 15 heteroatoms. The third-order valence-electron chi connectivity index (χ3n) is 10.4. The molecule has 1 aliphatic carbocycles. The zero-order valence-corrected chi connectivity index (χ0v) is 29.1. The highest BCUT2D eigenvalue weighted by Gasteiger charge is 2.40. The van der Waals surface area contributed by atoms with Crippen molar-refractivity contribution in [3.05, 3.63) is 47.9 Å². The van der Waals surface area contributed by atoms with Gasteiger partial charge in [0.2, 0.25) is 0 Å². The van der Waals surface area contributed by atoms with Crippen molar-refractivity contribution >= 4 is 28.6 Å². The Kier molecular flexibility index (Phi) is 10.5. The number of carbonyl (C=O) groups is 2. The van der Waals surface area contributed by atoms with Crippen LogP contribution in [0.15, 0.2) is 36.5 Å². The summed E-state index contributed by atoms with van der Waals surface area (Å²) in [5.74, 6) is -0.729. The lowest BCUT2D eigenvalue weighted by molar-refractivity contribution is -0.141. The lowest BCUT2D eigenvalue weighted by Crippen LogP contribution is -2.47. The molecule has 0 bridgehead atoms. The first-order valence-electron chi connectivity index (χ1n) is 17.6. The van der Waals surface area contributed by atoms with Crippen LogP contribution < -0.4 is 10.1 Å². The van der Waals surface area contributed by atoms with Crippen molar-refractivity contribution in [3.63, 3.8) is 0 Å². The van der Waals surface area contributed by atoms with Gasteiger partial charge in [-0.2, -0.15) is 27.1 Å². The van der Waals surface area contributed by atoms with E-state index < -0.39 is 35.7 Å². The summed E-state index contributed by atoms with van der Waals surface area (Å²) in [6, 6.07) is 5.69. The molecule has 0 unspecified atom stereocenters. The SMILES string of the molecule is CC(C)(C)OC(=O)N1CCC2(CCC(CN3CCC(n4cc5cc(NC(=O)c6cccc(C(F)(F)F)n6)c(OC(F)F)cc5n4)CC3)CC2)CC1. The summed E-state index contributed by atoms with van der Waals surface area (Å²) in [6.45, 7) is 6.82. The Hall–Kier alpha value is -4.01. The Morgan fingerprint density at radius 2 is 1.67 bits per heavy atom. The molecule has 6 rings (SSSR count). The molecule has 278 valence electrons. The molecule has 0 radical (unpaired) electrons. The number of likely N-dealkylation sites (tertiary alicyclic amines) is 2. The molecule has 0 atom stereocenters. The van der Waals surface area contributed by atoms with Gasteiger partial charge in [0.15, 0.2) is 5.75 Å². The summed E-state index contributed by atoms with van der Waals surface area (Å²) in [4.78, 5) is 33.1. The molecule has 10 nitrogen and oxygen atoms in total. The summed E-state index contributed by atoms with van der Waals surface area (Å²) < 4.78 is 78.0. The maximum absolute atomic E-state index is 13.3. The number of aromatic nitrogens is 3. The van der Waals surface area contributed by atoms with Gasteiger partial charge in [-0.1, -0.05) is 6.07 Å². The Labute approximate surface area is 293 Å².